The van der Waals surface area contributed by atoms with Crippen molar-refractivity contribution in [3.8, 4) is 0 Å². The number of carbonyl (C=O) groups excluding carboxylic acids is 1. The second-order valence-corrected chi connectivity index (χ2v) is 0.492. The minimum Gasteiger partial charge on any atom is -0.550 e. The normalized spacial score (nSPS) is 2.78. The van der Waals surface area contributed by atoms with Gasteiger partial charge in [0.1, 0.15) is 0 Å². The zero-order chi connectivity index (χ0) is 3.58. The number of aliphatic carboxylic acids is 1. The van der Waals surface area contributed by atoms with Gasteiger partial charge in [-0.1, -0.05) is 0 Å². The fourth-order valence-electron chi connectivity index (χ4n) is 0. The third-order valence-corrected chi connectivity index (χ3v) is 0. The van der Waals surface area contributed by atoms with E-state index in [1.165, 1.54) is 0 Å². The van der Waals surface area contributed by atoms with E-state index in [4.69, 9.17) is 9.90 Å². The molecular weight excluding hydrogens is 175 g/mol. The summed E-state index contributed by atoms with van der Waals surface area (Å²) in [5.41, 5.74) is 0. The number of carboxylic acid groups (broad SMARTS) is 1. The van der Waals surface area contributed by atoms with E-state index >= 15 is 0 Å². The fourth-order valence-corrected chi connectivity index (χ4v) is 0. The Labute approximate surface area is 62.6 Å². The molecule has 7 heteroatoms. The molecule has 0 amide bonds. The first-order valence-corrected chi connectivity index (χ1v) is 0.908. The Hall–Kier alpha value is -0.171. The predicted octanol–water partition coefficient (Wildman–Crippen LogP) is -4.55. The van der Waals surface area contributed by atoms with Crippen LogP contribution in [0.5, 0.6) is 0 Å². The third kappa shape index (κ3) is 9150. The summed E-state index contributed by atoms with van der Waals surface area (Å²) in [6.45, 7) is 0.972. The van der Waals surface area contributed by atoms with Crippen LogP contribution < -0.4 is 5.11 Å². The summed E-state index contributed by atoms with van der Waals surface area (Å²) in [6, 6.07) is 0. The molecule has 0 bridgehead atoms. The smallest absolute Gasteiger partial charge is 0.550 e. The summed E-state index contributed by atoms with van der Waals surface area (Å²) in [4.78, 5) is 8.89. The van der Waals surface area contributed by atoms with Gasteiger partial charge in [0.2, 0.25) is 0 Å². The summed E-state index contributed by atoms with van der Waals surface area (Å²) in [7, 11) is 0. The predicted molar refractivity (Wildman–Crippen MR) is 25.1 cm³/mol. The average molecular weight is 186 g/mol. The van der Waals surface area contributed by atoms with Crippen molar-refractivity contribution in [3.63, 3.8) is 0 Å². The summed E-state index contributed by atoms with van der Waals surface area (Å²) < 4.78 is 0. The molecule has 0 aliphatic rings. The molecule has 0 aliphatic heterocycles. The molecule has 0 aromatic rings. The Balaban J connectivity index is -0.00000000450. The summed E-state index contributed by atoms with van der Waals surface area (Å²) >= 11 is 0. The largest absolute Gasteiger partial charge is 3.00 e. The van der Waals surface area contributed by atoms with Gasteiger partial charge >= 0.3 is 17.1 Å². The van der Waals surface area contributed by atoms with Gasteiger partial charge in [0, 0.05) is 5.97 Å². The van der Waals surface area contributed by atoms with Gasteiger partial charge in [0.05, 0.1) is 0 Å². The SMILES string of the molecule is CC(=O)[O-].O.O.O.O.[Mn+3]. The maximum atomic E-state index is 8.89. The molecule has 0 saturated heterocycles. The zero-order valence-corrected chi connectivity index (χ0v) is 5.87. The minimum atomic E-state index is -1.08. The van der Waals surface area contributed by atoms with Gasteiger partial charge in [-0.25, -0.2) is 0 Å². The molecule has 9 heavy (non-hydrogen) atoms. The molecule has 0 aliphatic carbocycles. The van der Waals surface area contributed by atoms with Gasteiger partial charge in [-0.2, -0.15) is 0 Å². The van der Waals surface area contributed by atoms with Crippen LogP contribution >= 0.6 is 0 Å². The van der Waals surface area contributed by atoms with Crippen LogP contribution in [0.1, 0.15) is 6.92 Å². The van der Waals surface area contributed by atoms with Crippen LogP contribution in [0.3, 0.4) is 0 Å². The standard InChI is InChI=1S/C2H4O2.Mn.4H2O/c1-2(3)4;;;;;/h1H3,(H,3,4);;4*1H2/q;+3;;;;/p-1. The Bertz CT molecular complexity index is 34.0. The molecule has 0 spiro atoms. The Morgan fingerprint density at radius 2 is 1.11 bits per heavy atom. The van der Waals surface area contributed by atoms with E-state index in [9.17, 15) is 0 Å². The van der Waals surface area contributed by atoms with Gasteiger partial charge < -0.3 is 31.8 Å². The van der Waals surface area contributed by atoms with Gasteiger partial charge in [-0.05, 0) is 6.92 Å². The van der Waals surface area contributed by atoms with E-state index < -0.39 is 5.97 Å². The number of carboxylic acids is 1. The first-order chi connectivity index (χ1) is 1.73. The van der Waals surface area contributed by atoms with Crippen molar-refractivity contribution in [1.29, 1.82) is 0 Å². The molecule has 60 valence electrons. The average Bonchev–Trinajstić information content (AvgIpc) is 0.811. The number of carbonyl (C=O) groups is 1. The maximum absolute atomic E-state index is 8.89. The molecule has 0 radical (unpaired) electrons. The van der Waals surface area contributed by atoms with Crippen molar-refractivity contribution >= 4 is 5.97 Å². The first kappa shape index (κ1) is 67.6. The van der Waals surface area contributed by atoms with Crippen molar-refractivity contribution in [2.75, 3.05) is 0 Å². The Morgan fingerprint density at radius 1 is 1.11 bits per heavy atom. The monoisotopic (exact) mass is 186 g/mol. The summed E-state index contributed by atoms with van der Waals surface area (Å²) in [5, 5.41) is 8.89. The molecular formula is C2H11MnO6+2. The Kier molecular flexibility index (Phi) is 343. The first-order valence-electron chi connectivity index (χ1n) is 0.908. The van der Waals surface area contributed by atoms with E-state index in [-0.39, 0.29) is 39.0 Å². The van der Waals surface area contributed by atoms with Gasteiger partial charge in [-0.15, -0.1) is 0 Å². The summed E-state index contributed by atoms with van der Waals surface area (Å²) in [5.74, 6) is -1.08. The fraction of sp³-hybridized carbons (Fsp3) is 0.500. The van der Waals surface area contributed by atoms with E-state index in [1.807, 2.05) is 0 Å². The molecule has 0 aromatic heterocycles. The van der Waals surface area contributed by atoms with Gasteiger partial charge in [-0.3, -0.25) is 0 Å². The quantitative estimate of drug-likeness (QED) is 0.347. The van der Waals surface area contributed by atoms with Crippen LogP contribution in [0, 0.1) is 0 Å². The molecule has 0 rings (SSSR count). The van der Waals surface area contributed by atoms with Gasteiger partial charge in [0.25, 0.3) is 0 Å². The minimum absolute atomic E-state index is 0. The number of hydrogen-bond donors (Lipinski definition) is 0. The molecule has 0 fully saturated rings. The topological polar surface area (TPSA) is 166 Å². The number of rotatable bonds is 0. The third-order valence-electron chi connectivity index (χ3n) is 0. The van der Waals surface area contributed by atoms with E-state index in [2.05, 4.69) is 0 Å². The van der Waals surface area contributed by atoms with Crippen LogP contribution in [-0.2, 0) is 21.9 Å². The molecule has 8 N–H and O–H groups in total. The van der Waals surface area contributed by atoms with Crippen LogP contribution in [0.4, 0.5) is 0 Å². The Morgan fingerprint density at radius 3 is 1.11 bits per heavy atom. The molecule has 0 aromatic carbocycles. The van der Waals surface area contributed by atoms with Crippen molar-refractivity contribution < 1.29 is 48.9 Å². The molecule has 0 saturated carbocycles. The second-order valence-electron chi connectivity index (χ2n) is 0.492. The van der Waals surface area contributed by atoms with Gasteiger partial charge in [0.15, 0.2) is 0 Å². The maximum Gasteiger partial charge on any atom is 3.00 e. The van der Waals surface area contributed by atoms with Crippen LogP contribution in [0.15, 0.2) is 0 Å². The van der Waals surface area contributed by atoms with Crippen LogP contribution in [-0.4, -0.2) is 27.9 Å². The van der Waals surface area contributed by atoms with Crippen molar-refractivity contribution in [3.05, 3.63) is 0 Å². The molecule has 6 nitrogen and oxygen atoms in total. The zero-order valence-electron chi connectivity index (χ0n) is 4.69. The molecule has 0 unspecified atom stereocenters. The van der Waals surface area contributed by atoms with E-state index in [1.54, 1.807) is 0 Å². The molecule has 0 heterocycles. The van der Waals surface area contributed by atoms with Crippen molar-refractivity contribution in [2.24, 2.45) is 0 Å². The van der Waals surface area contributed by atoms with E-state index in [0.717, 1.165) is 6.92 Å². The second kappa shape index (κ2) is 45.6. The van der Waals surface area contributed by atoms with Crippen molar-refractivity contribution in [1.82, 2.24) is 0 Å². The van der Waals surface area contributed by atoms with Crippen molar-refractivity contribution in [2.45, 2.75) is 6.92 Å². The molecule has 0 atom stereocenters. The number of hydrogen-bond acceptors (Lipinski definition) is 2. The van der Waals surface area contributed by atoms with Crippen LogP contribution in [0.25, 0.3) is 0 Å². The van der Waals surface area contributed by atoms with Crippen LogP contribution in [0.2, 0.25) is 0 Å². The summed E-state index contributed by atoms with van der Waals surface area (Å²) in [6.07, 6.45) is 0. The van der Waals surface area contributed by atoms with E-state index in [0.29, 0.717) is 0 Å².